The third-order valence-electron chi connectivity index (χ3n) is 6.66. The summed E-state index contributed by atoms with van der Waals surface area (Å²) in [6.45, 7) is 0. The van der Waals surface area contributed by atoms with Crippen molar-refractivity contribution in [2.24, 2.45) is 32.1 Å². The van der Waals surface area contributed by atoms with Crippen molar-refractivity contribution < 1.29 is 0 Å². The van der Waals surface area contributed by atoms with Crippen LogP contribution in [-0.4, -0.2) is 11.7 Å². The molecule has 0 aliphatic carbocycles. The lowest BCUT2D eigenvalue weighted by atomic mass is 10.0. The maximum atomic E-state index is 7.50. The lowest BCUT2D eigenvalue weighted by Gasteiger charge is -2.06. The summed E-state index contributed by atoms with van der Waals surface area (Å²) in [4.78, 5) is 0. The van der Waals surface area contributed by atoms with Crippen molar-refractivity contribution in [1.82, 2.24) is 0 Å². The zero-order valence-electron chi connectivity index (χ0n) is 24.5. The van der Waals surface area contributed by atoms with Crippen molar-refractivity contribution >= 4 is 34.4 Å². The van der Waals surface area contributed by atoms with Gasteiger partial charge in [-0.3, -0.25) is 21.7 Å². The summed E-state index contributed by atoms with van der Waals surface area (Å²) in [6.07, 6.45) is 5.81. The van der Waals surface area contributed by atoms with E-state index in [2.05, 4.69) is 49.3 Å². The molecule has 5 aromatic rings. The second-order valence-electron chi connectivity index (χ2n) is 9.83. The number of nitrogens with one attached hydrogen (secondary N) is 4. The molecule has 0 heterocycles. The van der Waals surface area contributed by atoms with Crippen LogP contribution in [0, 0.1) is 35.0 Å². The summed E-state index contributed by atoms with van der Waals surface area (Å²) in [6, 6.07) is 35.0. The molecule has 0 saturated carbocycles. The van der Waals surface area contributed by atoms with Gasteiger partial charge in [0.05, 0.1) is 22.5 Å². The molecule has 0 spiro atoms. The molecule has 10 nitrogen and oxygen atoms in total. The monoisotopic (exact) mass is 600 g/mol. The van der Waals surface area contributed by atoms with E-state index < -0.39 is 0 Å². The Balaban J connectivity index is 1.28. The van der Waals surface area contributed by atoms with Crippen LogP contribution in [0.25, 0.3) is 11.1 Å². The first kappa shape index (κ1) is 30.4. The molecule has 46 heavy (non-hydrogen) atoms. The Kier molecular flexibility index (Phi) is 9.54. The van der Waals surface area contributed by atoms with E-state index in [0.29, 0.717) is 39.4 Å². The van der Waals surface area contributed by atoms with Gasteiger partial charge in [0.25, 0.3) is 0 Å². The van der Waals surface area contributed by atoms with Crippen molar-refractivity contribution in [3.05, 3.63) is 143 Å². The number of nitrogen functional groups attached to an aromatic ring is 2. The molecule has 0 atom stereocenters. The topological polar surface area (TPSA) is 173 Å². The van der Waals surface area contributed by atoms with Crippen molar-refractivity contribution in [2.45, 2.75) is 0 Å². The van der Waals surface area contributed by atoms with Gasteiger partial charge in [0.15, 0.2) is 0 Å². The van der Waals surface area contributed by atoms with Gasteiger partial charge in [-0.1, -0.05) is 58.5 Å². The molecule has 10 heteroatoms. The second kappa shape index (κ2) is 14.4. The molecule has 5 rings (SSSR count). The maximum Gasteiger partial charge on any atom is 0.122 e. The molecule has 0 aliphatic heterocycles. The SMILES string of the molecule is C#Cc1cc(-c2cccc(C#Cc3ccccc3N=NNc3ccc(C(=N)N)cc3)c2)ccc1N=NNc1ccc(C(=N)N)cc1. The van der Waals surface area contributed by atoms with Crippen molar-refractivity contribution in [2.75, 3.05) is 10.9 Å². The second-order valence-corrected chi connectivity index (χ2v) is 9.83. The molecule has 0 radical (unpaired) electrons. The minimum absolute atomic E-state index is 0.00207. The fraction of sp³-hybridized carbons (Fsp3) is 0. The van der Waals surface area contributed by atoms with Gasteiger partial charge in [-0.15, -0.1) is 16.7 Å². The van der Waals surface area contributed by atoms with Crippen LogP contribution >= 0.6 is 0 Å². The third-order valence-corrected chi connectivity index (χ3v) is 6.66. The molecular weight excluding hydrogens is 572 g/mol. The number of terminal acetylenes is 1. The summed E-state index contributed by atoms with van der Waals surface area (Å²) in [5, 5.41) is 31.7. The lowest BCUT2D eigenvalue weighted by Crippen LogP contribution is -2.10. The highest BCUT2D eigenvalue weighted by atomic mass is 15.4. The molecule has 0 amide bonds. The third kappa shape index (κ3) is 7.86. The van der Waals surface area contributed by atoms with Crippen LogP contribution in [0.15, 0.2) is 136 Å². The van der Waals surface area contributed by atoms with Gasteiger partial charge < -0.3 is 11.5 Å². The van der Waals surface area contributed by atoms with Crippen LogP contribution < -0.4 is 22.3 Å². The Morgan fingerprint density at radius 2 is 1.15 bits per heavy atom. The minimum atomic E-state index is -0.00207. The molecule has 0 unspecified atom stereocenters. The highest BCUT2D eigenvalue weighted by Gasteiger charge is 2.05. The first-order valence-corrected chi connectivity index (χ1v) is 13.9. The summed E-state index contributed by atoms with van der Waals surface area (Å²) < 4.78 is 0. The quantitative estimate of drug-likeness (QED) is 0.0338. The number of anilines is 2. The van der Waals surface area contributed by atoms with E-state index in [1.165, 1.54) is 0 Å². The molecule has 222 valence electrons. The van der Waals surface area contributed by atoms with Gasteiger partial charge >= 0.3 is 0 Å². The Hall–Kier alpha value is -7.04. The van der Waals surface area contributed by atoms with Gasteiger partial charge in [-0.2, -0.15) is 0 Å². The van der Waals surface area contributed by atoms with Crippen LogP contribution in [0.4, 0.5) is 22.7 Å². The van der Waals surface area contributed by atoms with Gasteiger partial charge in [0.1, 0.15) is 23.0 Å². The number of rotatable bonds is 9. The molecule has 5 aromatic carbocycles. The molecule has 8 N–H and O–H groups in total. The standard InChI is InChI=1S/C36H28N10/c1-2-25-23-30(16-21-34(25)44-46-42-32-19-14-28(15-20-32)36(39)40)29-8-5-6-24(22-29)10-11-26-7-3-4-9-33(26)43-45-41-31-17-12-27(13-18-31)35(37)38/h1,3-9,12-23H,(H3,37,38)(H3,39,40)(H,41,43)(H,42,44). The van der Waals surface area contributed by atoms with Crippen molar-refractivity contribution in [1.29, 1.82) is 10.8 Å². The summed E-state index contributed by atoms with van der Waals surface area (Å²) in [5.74, 6) is 9.12. The van der Waals surface area contributed by atoms with Crippen molar-refractivity contribution in [3.8, 4) is 35.3 Å². The molecule has 0 aliphatic rings. The van der Waals surface area contributed by atoms with Gasteiger partial charge in [0, 0.05) is 16.7 Å². The fourth-order valence-corrected chi connectivity index (χ4v) is 4.22. The van der Waals surface area contributed by atoms with E-state index in [1.807, 2.05) is 66.7 Å². The number of hydrogen-bond donors (Lipinski definition) is 6. The Morgan fingerprint density at radius 1 is 0.587 bits per heavy atom. The minimum Gasteiger partial charge on any atom is -0.384 e. The average Bonchev–Trinajstić information content (AvgIpc) is 3.08. The van der Waals surface area contributed by atoms with Crippen LogP contribution in [-0.2, 0) is 0 Å². The van der Waals surface area contributed by atoms with Crippen LogP contribution in [0.1, 0.15) is 27.8 Å². The number of hydrogen-bond acceptors (Lipinski definition) is 6. The normalized spacial score (nSPS) is 10.6. The predicted molar refractivity (Wildman–Crippen MR) is 183 cm³/mol. The zero-order chi connectivity index (χ0) is 32.3. The average molecular weight is 601 g/mol. The summed E-state index contributed by atoms with van der Waals surface area (Å²) in [7, 11) is 0. The number of amidine groups is 2. The molecular formula is C36H28N10. The Labute approximate surface area is 266 Å². The molecule has 0 aromatic heterocycles. The molecule has 0 fully saturated rings. The largest absolute Gasteiger partial charge is 0.384 e. The van der Waals surface area contributed by atoms with E-state index in [9.17, 15) is 0 Å². The molecule has 0 saturated heterocycles. The van der Waals surface area contributed by atoms with Crippen LogP contribution in [0.2, 0.25) is 0 Å². The highest BCUT2D eigenvalue weighted by Crippen LogP contribution is 2.28. The maximum absolute atomic E-state index is 7.50. The van der Waals surface area contributed by atoms with E-state index >= 15 is 0 Å². The molecule has 0 bridgehead atoms. The van der Waals surface area contributed by atoms with Crippen LogP contribution in [0.3, 0.4) is 0 Å². The fourth-order valence-electron chi connectivity index (χ4n) is 4.22. The summed E-state index contributed by atoms with van der Waals surface area (Å²) in [5.41, 5.74) is 24.6. The predicted octanol–water partition coefficient (Wildman–Crippen LogP) is 7.52. The van der Waals surface area contributed by atoms with E-state index in [0.717, 1.165) is 22.3 Å². The Morgan fingerprint density at radius 3 is 1.74 bits per heavy atom. The van der Waals surface area contributed by atoms with Gasteiger partial charge in [0.2, 0.25) is 0 Å². The van der Waals surface area contributed by atoms with E-state index in [4.69, 9.17) is 28.7 Å². The number of benzene rings is 5. The smallest absolute Gasteiger partial charge is 0.122 e. The number of nitrogens with zero attached hydrogens (tertiary/aromatic N) is 4. The van der Waals surface area contributed by atoms with Gasteiger partial charge in [-0.05, 0) is 96.1 Å². The highest BCUT2D eigenvalue weighted by molar-refractivity contribution is 5.95. The first-order valence-electron chi connectivity index (χ1n) is 13.9. The number of nitrogens with two attached hydrogens (primary N) is 2. The van der Waals surface area contributed by atoms with Crippen LogP contribution in [0.5, 0.6) is 0 Å². The lowest BCUT2D eigenvalue weighted by molar-refractivity contribution is 1.13. The summed E-state index contributed by atoms with van der Waals surface area (Å²) >= 11 is 0. The van der Waals surface area contributed by atoms with Crippen molar-refractivity contribution in [3.63, 3.8) is 0 Å². The first-order chi connectivity index (χ1) is 22.4. The van der Waals surface area contributed by atoms with E-state index in [-0.39, 0.29) is 11.7 Å². The Bertz CT molecular complexity index is 2060. The van der Waals surface area contributed by atoms with E-state index in [1.54, 1.807) is 48.5 Å². The van der Waals surface area contributed by atoms with Gasteiger partial charge in [-0.25, -0.2) is 0 Å². The zero-order valence-corrected chi connectivity index (χ0v) is 24.5.